The molecule has 0 saturated carbocycles. The fourth-order valence-electron chi connectivity index (χ4n) is 2.63. The zero-order chi connectivity index (χ0) is 22.9. The minimum Gasteiger partial charge on any atom is -0.484 e. The van der Waals surface area contributed by atoms with Crippen molar-refractivity contribution in [1.29, 1.82) is 0 Å². The van der Waals surface area contributed by atoms with Crippen molar-refractivity contribution in [1.82, 2.24) is 5.43 Å². The molecule has 0 saturated heterocycles. The van der Waals surface area contributed by atoms with Gasteiger partial charge in [-0.25, -0.2) is 10.2 Å². The van der Waals surface area contributed by atoms with Crippen LogP contribution in [0.3, 0.4) is 0 Å². The van der Waals surface area contributed by atoms with Crippen LogP contribution >= 0.6 is 27.5 Å². The van der Waals surface area contributed by atoms with E-state index in [1.54, 1.807) is 42.5 Å². The number of carbonyl (C=O) groups excluding carboxylic acids is 2. The molecule has 164 valence electrons. The number of ether oxygens (including phenoxy) is 2. The van der Waals surface area contributed by atoms with E-state index in [0.717, 1.165) is 10.9 Å². The van der Waals surface area contributed by atoms with Crippen LogP contribution in [0.4, 0.5) is 0 Å². The molecule has 0 atom stereocenters. The lowest BCUT2D eigenvalue weighted by Crippen LogP contribution is -2.24. The summed E-state index contributed by atoms with van der Waals surface area (Å²) in [5.74, 6) is -0.0659. The fourth-order valence-corrected chi connectivity index (χ4v) is 3.14. The van der Waals surface area contributed by atoms with Crippen molar-refractivity contribution >= 4 is 45.6 Å². The second kappa shape index (κ2) is 11.5. The van der Waals surface area contributed by atoms with Crippen LogP contribution in [0.2, 0.25) is 5.02 Å². The summed E-state index contributed by atoms with van der Waals surface area (Å²) in [5, 5.41) is 4.46. The number of rotatable bonds is 8. The van der Waals surface area contributed by atoms with Crippen molar-refractivity contribution in [3.63, 3.8) is 0 Å². The highest BCUT2D eigenvalue weighted by molar-refractivity contribution is 9.10. The third kappa shape index (κ3) is 6.93. The van der Waals surface area contributed by atoms with Gasteiger partial charge in [0.2, 0.25) is 0 Å². The van der Waals surface area contributed by atoms with Gasteiger partial charge in [0.1, 0.15) is 11.5 Å². The third-order valence-corrected chi connectivity index (χ3v) is 5.09. The van der Waals surface area contributed by atoms with E-state index in [1.165, 1.54) is 11.8 Å². The number of hydrogen-bond donors (Lipinski definition) is 1. The minimum absolute atomic E-state index is 0.181. The Morgan fingerprint density at radius 3 is 2.47 bits per heavy atom. The van der Waals surface area contributed by atoms with Gasteiger partial charge in [0, 0.05) is 15.1 Å². The maximum absolute atomic E-state index is 12.4. The molecule has 0 aliphatic heterocycles. The molecule has 0 spiro atoms. The lowest BCUT2D eigenvalue weighted by molar-refractivity contribution is -0.123. The predicted octanol–water partition coefficient (Wildman–Crippen LogP) is 5.41. The zero-order valence-electron chi connectivity index (χ0n) is 17.2. The number of nitrogens with one attached hydrogen (secondary N) is 1. The summed E-state index contributed by atoms with van der Waals surface area (Å²) in [6.45, 7) is 1.89. The zero-order valence-corrected chi connectivity index (χ0v) is 19.5. The van der Waals surface area contributed by atoms with Gasteiger partial charge in [0.15, 0.2) is 6.61 Å². The number of amides is 1. The van der Waals surface area contributed by atoms with Crippen molar-refractivity contribution in [3.05, 3.63) is 92.9 Å². The van der Waals surface area contributed by atoms with Crippen molar-refractivity contribution < 1.29 is 19.1 Å². The van der Waals surface area contributed by atoms with E-state index in [-0.39, 0.29) is 6.61 Å². The first-order valence-electron chi connectivity index (χ1n) is 9.75. The molecule has 0 fully saturated rings. The molecule has 0 bridgehead atoms. The highest BCUT2D eigenvalue weighted by Crippen LogP contribution is 2.23. The van der Waals surface area contributed by atoms with E-state index in [0.29, 0.717) is 27.6 Å². The maximum atomic E-state index is 12.4. The lowest BCUT2D eigenvalue weighted by Gasteiger charge is -2.08. The van der Waals surface area contributed by atoms with E-state index in [9.17, 15) is 9.59 Å². The first-order valence-corrected chi connectivity index (χ1v) is 10.9. The number of esters is 1. The molecular weight excluding hydrogens is 496 g/mol. The molecule has 0 aliphatic rings. The van der Waals surface area contributed by atoms with Crippen LogP contribution in [0.25, 0.3) is 0 Å². The third-order valence-electron chi connectivity index (χ3n) is 4.35. The largest absolute Gasteiger partial charge is 0.484 e. The number of carbonyl (C=O) groups is 2. The van der Waals surface area contributed by atoms with Crippen LogP contribution in [-0.2, 0) is 11.2 Å². The Bertz CT molecular complexity index is 1120. The van der Waals surface area contributed by atoms with Crippen LogP contribution in [-0.4, -0.2) is 24.7 Å². The number of benzene rings is 3. The van der Waals surface area contributed by atoms with Crippen molar-refractivity contribution in [3.8, 4) is 11.5 Å². The van der Waals surface area contributed by atoms with E-state index < -0.39 is 11.9 Å². The fraction of sp³-hybridized carbons (Fsp3) is 0.125. The number of hydrogen-bond acceptors (Lipinski definition) is 5. The molecule has 0 unspecified atom stereocenters. The monoisotopic (exact) mass is 514 g/mol. The van der Waals surface area contributed by atoms with Crippen LogP contribution in [0.5, 0.6) is 11.5 Å². The second-order valence-electron chi connectivity index (χ2n) is 6.66. The average Bonchev–Trinajstić information content (AvgIpc) is 2.80. The summed E-state index contributed by atoms with van der Waals surface area (Å²) in [5.41, 5.74) is 4.44. The summed E-state index contributed by atoms with van der Waals surface area (Å²) < 4.78 is 11.7. The molecule has 8 heteroatoms. The number of aryl methyl sites for hydroxylation is 1. The Morgan fingerprint density at radius 2 is 1.78 bits per heavy atom. The first kappa shape index (κ1) is 23.5. The smallest absolute Gasteiger partial charge is 0.343 e. The van der Waals surface area contributed by atoms with Gasteiger partial charge in [0.25, 0.3) is 5.91 Å². The molecule has 1 N–H and O–H groups in total. The molecule has 3 rings (SSSR count). The molecular formula is C24H20BrClN2O4. The molecule has 0 aliphatic carbocycles. The van der Waals surface area contributed by atoms with Gasteiger partial charge >= 0.3 is 5.97 Å². The van der Waals surface area contributed by atoms with E-state index >= 15 is 0 Å². The van der Waals surface area contributed by atoms with Crippen molar-refractivity contribution in [2.45, 2.75) is 13.3 Å². The Kier molecular flexibility index (Phi) is 8.41. The van der Waals surface area contributed by atoms with E-state index in [2.05, 4.69) is 33.4 Å². The molecule has 3 aromatic rings. The number of halogens is 2. The molecule has 3 aromatic carbocycles. The van der Waals surface area contributed by atoms with E-state index in [1.807, 2.05) is 24.3 Å². The molecule has 0 heterocycles. The van der Waals surface area contributed by atoms with Crippen molar-refractivity contribution in [2.75, 3.05) is 6.61 Å². The van der Waals surface area contributed by atoms with Gasteiger partial charge < -0.3 is 9.47 Å². The summed E-state index contributed by atoms with van der Waals surface area (Å²) in [6, 6.07) is 19.0. The summed E-state index contributed by atoms with van der Waals surface area (Å²) in [4.78, 5) is 24.4. The van der Waals surface area contributed by atoms with Gasteiger partial charge in [-0.2, -0.15) is 5.10 Å². The first-order chi connectivity index (χ1) is 15.4. The highest BCUT2D eigenvalue weighted by atomic mass is 79.9. The highest BCUT2D eigenvalue weighted by Gasteiger charge is 2.12. The molecule has 32 heavy (non-hydrogen) atoms. The van der Waals surface area contributed by atoms with Crippen LogP contribution in [0.15, 0.2) is 76.3 Å². The average molecular weight is 516 g/mol. The predicted molar refractivity (Wildman–Crippen MR) is 128 cm³/mol. The Labute approximate surface area is 199 Å². The van der Waals surface area contributed by atoms with Gasteiger partial charge in [-0.1, -0.05) is 46.6 Å². The normalized spacial score (nSPS) is 10.7. The quantitative estimate of drug-likeness (QED) is 0.188. The SMILES string of the molecule is CCc1ccc(OCC(=O)N/N=C\c2cc(Br)ccc2OC(=O)c2ccc(Cl)cc2)cc1. The number of nitrogens with zero attached hydrogens (tertiary/aromatic N) is 1. The van der Waals surface area contributed by atoms with Gasteiger partial charge in [-0.15, -0.1) is 0 Å². The van der Waals surface area contributed by atoms with Crippen LogP contribution in [0.1, 0.15) is 28.4 Å². The van der Waals surface area contributed by atoms with Crippen molar-refractivity contribution in [2.24, 2.45) is 5.10 Å². The Morgan fingerprint density at radius 1 is 1.06 bits per heavy atom. The standard InChI is InChI=1S/C24H20BrClN2O4/c1-2-16-3-10-21(11-4-16)31-15-23(29)28-27-14-18-13-19(25)7-12-22(18)32-24(30)17-5-8-20(26)9-6-17/h3-14H,2,15H2,1H3,(H,28,29)/b27-14-. The molecule has 1 amide bonds. The second-order valence-corrected chi connectivity index (χ2v) is 8.01. The van der Waals surface area contributed by atoms with Crippen LogP contribution < -0.4 is 14.9 Å². The van der Waals surface area contributed by atoms with Crippen LogP contribution in [0, 0.1) is 0 Å². The Hall–Kier alpha value is -3.16. The lowest BCUT2D eigenvalue weighted by atomic mass is 10.2. The van der Waals surface area contributed by atoms with Gasteiger partial charge in [-0.05, 0) is 66.6 Å². The summed E-state index contributed by atoms with van der Waals surface area (Å²) in [6.07, 6.45) is 2.32. The molecule has 0 aromatic heterocycles. The van der Waals surface area contributed by atoms with Gasteiger partial charge in [-0.3, -0.25) is 4.79 Å². The van der Waals surface area contributed by atoms with Gasteiger partial charge in [0.05, 0.1) is 11.8 Å². The minimum atomic E-state index is -0.537. The maximum Gasteiger partial charge on any atom is 0.343 e. The topological polar surface area (TPSA) is 77.0 Å². The summed E-state index contributed by atoms with van der Waals surface area (Å²) in [7, 11) is 0. The summed E-state index contributed by atoms with van der Waals surface area (Å²) >= 11 is 9.23. The Balaban J connectivity index is 1.59. The van der Waals surface area contributed by atoms with E-state index in [4.69, 9.17) is 21.1 Å². The molecule has 6 nitrogen and oxygen atoms in total. The number of hydrazone groups is 1. The molecule has 0 radical (unpaired) electrons.